The number of phenolic OH excluding ortho intramolecular Hbond substituents is 3. The van der Waals surface area contributed by atoms with Crippen molar-refractivity contribution in [1.82, 2.24) is 15.3 Å². The number of hydrogen-bond acceptors (Lipinski definition) is 13. The third-order valence-electron chi connectivity index (χ3n) is 9.23. The van der Waals surface area contributed by atoms with Crippen molar-refractivity contribution in [3.05, 3.63) is 70.9 Å². The van der Waals surface area contributed by atoms with Gasteiger partial charge in [-0.25, -0.2) is 5.43 Å². The summed E-state index contributed by atoms with van der Waals surface area (Å²) >= 11 is 1.95. The van der Waals surface area contributed by atoms with Gasteiger partial charge in [-0.2, -0.15) is 5.10 Å². The maximum atomic E-state index is 14.2. The van der Waals surface area contributed by atoms with Gasteiger partial charge in [-0.1, -0.05) is 0 Å². The second-order valence-electron chi connectivity index (χ2n) is 11.7. The van der Waals surface area contributed by atoms with Crippen LogP contribution in [-0.4, -0.2) is 100 Å². The number of morpholine rings is 1. The van der Waals surface area contributed by atoms with E-state index in [4.69, 9.17) is 9.47 Å². The van der Waals surface area contributed by atoms with Crippen LogP contribution < -0.4 is 11.0 Å². The van der Waals surface area contributed by atoms with Crippen LogP contribution in [0.5, 0.6) is 17.2 Å². The van der Waals surface area contributed by atoms with Crippen molar-refractivity contribution in [2.75, 3.05) is 40.0 Å². The standard InChI is InChI=1S/C32H25IN4O11/c1-47-16-9-15(38)19-20(25(16)40)27(42)22-21(26(19)41)29(44)32(30(22)45)3-2-13-23(32)28(43)18-14(24(13)33)8-12(35-31(18)46)10-34-36-17(39)11-37-4-6-48-7-5-37/h8-10,41-43H,2-7,11H2,1H3,(H,35,46)(H,36,39)/b34-10+/t32-/m0/s1. The lowest BCUT2D eigenvalue weighted by Gasteiger charge is -2.25. The number of phenols is 3. The number of fused-ring (bicyclic) bond motifs is 5. The van der Waals surface area contributed by atoms with Gasteiger partial charge in [0.1, 0.15) is 22.7 Å². The molecule has 15 nitrogen and oxygen atoms in total. The molecule has 1 amide bonds. The Morgan fingerprint density at radius 3 is 2.40 bits per heavy atom. The van der Waals surface area contributed by atoms with E-state index in [2.05, 4.69) is 15.5 Å². The lowest BCUT2D eigenvalue weighted by Crippen LogP contribution is -2.42. The van der Waals surface area contributed by atoms with Crippen molar-refractivity contribution in [2.45, 2.75) is 18.3 Å². The predicted molar refractivity (Wildman–Crippen MR) is 174 cm³/mol. The van der Waals surface area contributed by atoms with Gasteiger partial charge in [0.25, 0.3) is 11.5 Å². The molecule has 1 saturated heterocycles. The topological polar surface area (TPSA) is 225 Å². The Morgan fingerprint density at radius 2 is 1.73 bits per heavy atom. The number of carbonyl (C=O) groups excluding carboxylic acids is 5. The van der Waals surface area contributed by atoms with E-state index in [1.165, 1.54) is 12.3 Å². The molecule has 246 valence electrons. The fourth-order valence-corrected chi connectivity index (χ4v) is 8.01. The number of Topliss-reactive ketones (excluding diaryl/α,β-unsaturated/α-hetero) is 3. The van der Waals surface area contributed by atoms with Gasteiger partial charge in [0.2, 0.25) is 5.78 Å². The number of pyridine rings is 1. The Hall–Kier alpha value is -4.94. The summed E-state index contributed by atoms with van der Waals surface area (Å²) in [5.41, 5.74) is -2.72. The van der Waals surface area contributed by atoms with Crippen LogP contribution >= 0.6 is 22.6 Å². The van der Waals surface area contributed by atoms with Crippen LogP contribution in [-0.2, 0) is 26.1 Å². The Kier molecular flexibility index (Phi) is 7.48. The van der Waals surface area contributed by atoms with E-state index in [9.17, 15) is 44.1 Å². The van der Waals surface area contributed by atoms with Crippen LogP contribution in [0.1, 0.15) is 64.7 Å². The summed E-state index contributed by atoms with van der Waals surface area (Å²) in [7, 11) is 1.13. The minimum absolute atomic E-state index is 0.0882. The number of ketones is 4. The van der Waals surface area contributed by atoms with Crippen LogP contribution in [0, 0.1) is 3.57 Å². The Bertz CT molecular complexity index is 2180. The largest absolute Gasteiger partial charge is 0.507 e. The number of amides is 1. The summed E-state index contributed by atoms with van der Waals surface area (Å²) < 4.78 is 10.7. The first-order chi connectivity index (χ1) is 22.9. The molecule has 1 aliphatic heterocycles. The molecule has 4 aliphatic rings. The number of aromatic hydroxyl groups is 3. The number of benzene rings is 2. The van der Waals surface area contributed by atoms with Crippen LogP contribution in [0.25, 0.3) is 10.8 Å². The lowest BCUT2D eigenvalue weighted by molar-refractivity contribution is -0.123. The maximum absolute atomic E-state index is 14.2. The monoisotopic (exact) mass is 768 g/mol. The van der Waals surface area contributed by atoms with Crippen molar-refractivity contribution in [3.63, 3.8) is 0 Å². The highest BCUT2D eigenvalue weighted by Crippen LogP contribution is 2.58. The van der Waals surface area contributed by atoms with Gasteiger partial charge in [0.05, 0.1) is 66.4 Å². The molecule has 3 aromatic rings. The number of methoxy groups -OCH3 is 1. The van der Waals surface area contributed by atoms with Gasteiger partial charge in [0, 0.05) is 33.7 Å². The first kappa shape index (κ1) is 31.6. The molecule has 48 heavy (non-hydrogen) atoms. The molecule has 0 bridgehead atoms. The predicted octanol–water partition coefficient (Wildman–Crippen LogP) is 1.20. The van der Waals surface area contributed by atoms with Crippen LogP contribution in [0.2, 0.25) is 0 Å². The van der Waals surface area contributed by atoms with E-state index in [0.29, 0.717) is 40.8 Å². The number of hydrogen-bond donors (Lipinski definition) is 5. The average molecular weight is 768 g/mol. The normalized spacial score (nSPS) is 20.4. The van der Waals surface area contributed by atoms with Crippen molar-refractivity contribution in [1.29, 1.82) is 0 Å². The summed E-state index contributed by atoms with van der Waals surface area (Å²) in [4.78, 5) is 84.5. The molecule has 0 saturated carbocycles. The minimum Gasteiger partial charge on any atom is -0.507 e. The van der Waals surface area contributed by atoms with Gasteiger partial charge in [-0.3, -0.25) is 33.7 Å². The number of hydrazone groups is 1. The van der Waals surface area contributed by atoms with E-state index >= 15 is 0 Å². The van der Waals surface area contributed by atoms with Gasteiger partial charge < -0.3 is 29.8 Å². The van der Waals surface area contributed by atoms with Gasteiger partial charge in [-0.05, 0) is 47.1 Å². The molecule has 3 aliphatic carbocycles. The quantitative estimate of drug-likeness (QED) is 0.0812. The highest BCUT2D eigenvalue weighted by atomic mass is 127. The third-order valence-corrected chi connectivity index (χ3v) is 10.5. The number of aromatic nitrogens is 1. The minimum atomic E-state index is -2.16. The second-order valence-corrected chi connectivity index (χ2v) is 12.8. The Labute approximate surface area is 283 Å². The second kappa shape index (κ2) is 11.3. The number of ether oxygens (including phenoxy) is 2. The molecule has 2 heterocycles. The zero-order chi connectivity index (χ0) is 34.2. The van der Waals surface area contributed by atoms with Crippen molar-refractivity contribution in [2.24, 2.45) is 5.10 Å². The molecular formula is C32H25IN4O11. The van der Waals surface area contributed by atoms with Crippen molar-refractivity contribution < 1.29 is 48.8 Å². The van der Waals surface area contributed by atoms with Gasteiger partial charge in [-0.15, -0.1) is 0 Å². The van der Waals surface area contributed by atoms with E-state index in [1.54, 1.807) is 0 Å². The number of rotatable bonds is 5. The van der Waals surface area contributed by atoms with Gasteiger partial charge in [0.15, 0.2) is 23.1 Å². The van der Waals surface area contributed by atoms with Crippen LogP contribution in [0.15, 0.2) is 27.8 Å². The Morgan fingerprint density at radius 1 is 1.06 bits per heavy atom. The molecule has 0 unspecified atom stereocenters. The number of halogens is 1. The Balaban J connectivity index is 1.29. The fourth-order valence-electron chi connectivity index (χ4n) is 7.04. The highest BCUT2D eigenvalue weighted by molar-refractivity contribution is 14.1. The SMILES string of the molecule is COC1=CC(=O)c2c(O)c3c(c(O)c2C1=O)C(=O)[C@]1(CCc2c1c(O)c1c(=O)[nH]c(/C=N/NC(=O)CN4CCOCC4)cc1c2I)C3=O. The van der Waals surface area contributed by atoms with E-state index < -0.39 is 79.4 Å². The summed E-state index contributed by atoms with van der Waals surface area (Å²) in [6.45, 7) is 2.40. The third kappa shape index (κ3) is 4.35. The molecule has 16 heteroatoms. The summed E-state index contributed by atoms with van der Waals surface area (Å²) in [5, 5.41) is 38.0. The molecule has 1 atom stereocenters. The zero-order valence-electron chi connectivity index (χ0n) is 25.1. The average Bonchev–Trinajstić information content (AvgIpc) is 3.57. The van der Waals surface area contributed by atoms with E-state index in [-0.39, 0.29) is 41.9 Å². The zero-order valence-corrected chi connectivity index (χ0v) is 27.2. The van der Waals surface area contributed by atoms with E-state index in [1.807, 2.05) is 27.5 Å². The number of nitrogens with zero attached hydrogens (tertiary/aromatic N) is 2. The van der Waals surface area contributed by atoms with Crippen molar-refractivity contribution >= 4 is 68.6 Å². The lowest BCUT2D eigenvalue weighted by atomic mass is 9.76. The molecular weight excluding hydrogens is 743 g/mol. The van der Waals surface area contributed by atoms with Gasteiger partial charge >= 0.3 is 0 Å². The number of H-pyrrole nitrogens is 1. The summed E-state index contributed by atoms with van der Waals surface area (Å²) in [6, 6.07) is 1.53. The molecule has 7 rings (SSSR count). The number of aromatic amines is 1. The van der Waals surface area contributed by atoms with Crippen LogP contribution in [0.3, 0.4) is 0 Å². The van der Waals surface area contributed by atoms with E-state index in [0.717, 1.165) is 13.2 Å². The first-order valence-electron chi connectivity index (χ1n) is 14.7. The molecule has 1 spiro atoms. The number of nitrogens with one attached hydrogen (secondary N) is 2. The molecule has 2 aromatic carbocycles. The molecule has 1 aromatic heterocycles. The molecule has 5 N–H and O–H groups in total. The fraction of sp³-hybridized carbons (Fsp3) is 0.281. The van der Waals surface area contributed by atoms with Crippen LogP contribution in [0.4, 0.5) is 0 Å². The molecule has 1 fully saturated rings. The highest BCUT2D eigenvalue weighted by Gasteiger charge is 2.62. The maximum Gasteiger partial charge on any atom is 0.260 e. The first-order valence-corrected chi connectivity index (χ1v) is 15.8. The number of carbonyl (C=O) groups is 5. The summed E-state index contributed by atoms with van der Waals surface area (Å²) in [5.74, 6) is -7.22. The summed E-state index contributed by atoms with van der Waals surface area (Å²) in [6.07, 6.45) is 1.94. The smallest absolute Gasteiger partial charge is 0.260 e. The molecule has 0 radical (unpaired) electrons. The number of allylic oxidation sites excluding steroid dienone is 2. The van der Waals surface area contributed by atoms with Crippen molar-refractivity contribution in [3.8, 4) is 17.2 Å².